The van der Waals surface area contributed by atoms with E-state index in [0.717, 1.165) is 0 Å². The predicted octanol–water partition coefficient (Wildman–Crippen LogP) is 2.59. The van der Waals surface area contributed by atoms with Crippen molar-refractivity contribution in [3.63, 3.8) is 0 Å². The monoisotopic (exact) mass is 261 g/mol. The molecule has 0 aliphatic carbocycles. The molecule has 5 nitrogen and oxygen atoms in total. The van der Waals surface area contributed by atoms with Crippen molar-refractivity contribution in [1.82, 2.24) is 10.1 Å². The summed E-state index contributed by atoms with van der Waals surface area (Å²) in [7, 11) is 1.39. The minimum atomic E-state index is -0.451. The lowest BCUT2D eigenvalue weighted by Gasteiger charge is -2.02. The molecule has 0 radical (unpaired) electrons. The third-order valence-corrected chi connectivity index (χ3v) is 2.58. The summed E-state index contributed by atoms with van der Waals surface area (Å²) in [6.07, 6.45) is 0.391. The lowest BCUT2D eigenvalue weighted by Crippen LogP contribution is -1.96. The van der Waals surface area contributed by atoms with Crippen molar-refractivity contribution >= 4 is 0 Å². The molecule has 0 amide bonds. The lowest BCUT2D eigenvalue weighted by atomic mass is 10.1. The van der Waals surface area contributed by atoms with Crippen LogP contribution in [-0.4, -0.2) is 17.3 Å². The van der Waals surface area contributed by atoms with Gasteiger partial charge in [0, 0.05) is 12.0 Å². The number of ether oxygens (including phenoxy) is 1. The lowest BCUT2D eigenvalue weighted by molar-refractivity contribution is 0.369. The Kier molecular flexibility index (Phi) is 3.76. The van der Waals surface area contributed by atoms with Crippen molar-refractivity contribution < 1.29 is 13.7 Å². The molecular formula is C13H12FN3O2. The number of hydrogen-bond acceptors (Lipinski definition) is 5. The van der Waals surface area contributed by atoms with E-state index < -0.39 is 5.82 Å². The third kappa shape index (κ3) is 2.88. The average molecular weight is 261 g/mol. The Labute approximate surface area is 109 Å². The van der Waals surface area contributed by atoms with Gasteiger partial charge in [0.1, 0.15) is 0 Å². The first-order valence-electron chi connectivity index (χ1n) is 5.70. The molecule has 1 atom stereocenters. The molecule has 0 aliphatic rings. The number of methoxy groups -OCH3 is 1. The molecule has 0 spiro atoms. The normalized spacial score (nSPS) is 11.9. The van der Waals surface area contributed by atoms with Crippen molar-refractivity contribution in [2.24, 2.45) is 5.92 Å². The minimum absolute atomic E-state index is 0.120. The molecule has 1 heterocycles. The zero-order valence-electron chi connectivity index (χ0n) is 10.6. The number of rotatable bonds is 4. The van der Waals surface area contributed by atoms with Gasteiger partial charge in [-0.1, -0.05) is 5.16 Å². The Morgan fingerprint density at radius 1 is 1.53 bits per heavy atom. The van der Waals surface area contributed by atoms with Gasteiger partial charge < -0.3 is 9.26 Å². The summed E-state index contributed by atoms with van der Waals surface area (Å²) in [4.78, 5) is 4.17. The highest BCUT2D eigenvalue weighted by Gasteiger charge is 2.13. The molecule has 1 aromatic heterocycles. The quantitative estimate of drug-likeness (QED) is 0.845. The van der Waals surface area contributed by atoms with Gasteiger partial charge in [0.25, 0.3) is 0 Å². The summed E-state index contributed by atoms with van der Waals surface area (Å²) in [5.41, 5.74) is 0.595. The highest BCUT2D eigenvalue weighted by Crippen LogP contribution is 2.24. The molecule has 0 aliphatic heterocycles. The Morgan fingerprint density at radius 3 is 3.00 bits per heavy atom. The Bertz CT molecular complexity index is 619. The Balaban J connectivity index is 2.25. The molecule has 6 heteroatoms. The Hall–Kier alpha value is -2.42. The van der Waals surface area contributed by atoms with Crippen molar-refractivity contribution in [3.8, 4) is 23.2 Å². The topological polar surface area (TPSA) is 71.9 Å². The summed E-state index contributed by atoms with van der Waals surface area (Å²) in [6, 6.07) is 6.41. The zero-order chi connectivity index (χ0) is 13.8. The summed E-state index contributed by atoms with van der Waals surface area (Å²) in [5, 5.41) is 12.5. The van der Waals surface area contributed by atoms with Gasteiger partial charge in [-0.3, -0.25) is 0 Å². The van der Waals surface area contributed by atoms with Crippen molar-refractivity contribution in [2.45, 2.75) is 13.3 Å². The fourth-order valence-electron chi connectivity index (χ4n) is 1.56. The van der Waals surface area contributed by atoms with Crippen molar-refractivity contribution in [2.75, 3.05) is 7.11 Å². The van der Waals surface area contributed by atoms with Gasteiger partial charge >= 0.3 is 0 Å². The van der Waals surface area contributed by atoms with Gasteiger partial charge in [-0.05, 0) is 25.1 Å². The van der Waals surface area contributed by atoms with Crippen LogP contribution < -0.4 is 4.74 Å². The van der Waals surface area contributed by atoms with Gasteiger partial charge in [0.05, 0.1) is 19.1 Å². The molecule has 0 fully saturated rings. The van der Waals surface area contributed by atoms with Gasteiger partial charge in [0.15, 0.2) is 11.6 Å². The molecule has 2 rings (SSSR count). The van der Waals surface area contributed by atoms with E-state index in [9.17, 15) is 4.39 Å². The maximum atomic E-state index is 13.3. The van der Waals surface area contributed by atoms with Gasteiger partial charge in [-0.15, -0.1) is 0 Å². The summed E-state index contributed by atoms with van der Waals surface area (Å²) in [6.45, 7) is 1.77. The number of nitriles is 1. The van der Waals surface area contributed by atoms with Crippen LogP contribution in [0.15, 0.2) is 22.7 Å². The molecule has 0 saturated carbocycles. The second-order valence-corrected chi connectivity index (χ2v) is 4.10. The first-order chi connectivity index (χ1) is 9.13. The van der Waals surface area contributed by atoms with E-state index in [4.69, 9.17) is 14.5 Å². The summed E-state index contributed by atoms with van der Waals surface area (Å²) in [5.74, 6) is 0.198. The molecular weight excluding hydrogens is 249 g/mol. The third-order valence-electron chi connectivity index (χ3n) is 2.58. The zero-order valence-corrected chi connectivity index (χ0v) is 10.6. The molecule has 0 saturated heterocycles. The number of halogens is 1. The average Bonchev–Trinajstić information content (AvgIpc) is 2.87. The van der Waals surface area contributed by atoms with E-state index in [1.165, 1.54) is 19.2 Å². The van der Waals surface area contributed by atoms with Crippen LogP contribution in [0, 0.1) is 23.1 Å². The van der Waals surface area contributed by atoms with Gasteiger partial charge in [-0.25, -0.2) is 4.39 Å². The SMILES string of the molecule is COc1cc(-c2noc(CC(C)C#N)n2)ccc1F. The minimum Gasteiger partial charge on any atom is -0.494 e. The second-order valence-electron chi connectivity index (χ2n) is 4.10. The fourth-order valence-corrected chi connectivity index (χ4v) is 1.56. The summed E-state index contributed by atoms with van der Waals surface area (Å²) >= 11 is 0. The van der Waals surface area contributed by atoms with E-state index in [1.54, 1.807) is 13.0 Å². The van der Waals surface area contributed by atoms with Crippen LogP contribution in [0.4, 0.5) is 4.39 Å². The fraction of sp³-hybridized carbons (Fsp3) is 0.308. The van der Waals surface area contributed by atoms with Crippen molar-refractivity contribution in [1.29, 1.82) is 5.26 Å². The molecule has 0 bridgehead atoms. The van der Waals surface area contributed by atoms with E-state index in [1.807, 2.05) is 0 Å². The van der Waals surface area contributed by atoms with Crippen LogP contribution in [0.25, 0.3) is 11.4 Å². The highest BCUT2D eigenvalue weighted by atomic mass is 19.1. The van der Waals surface area contributed by atoms with Crippen LogP contribution in [0.2, 0.25) is 0 Å². The molecule has 1 unspecified atom stereocenters. The van der Waals surface area contributed by atoms with E-state index in [2.05, 4.69) is 16.2 Å². The number of benzene rings is 1. The van der Waals surface area contributed by atoms with E-state index in [0.29, 0.717) is 23.7 Å². The van der Waals surface area contributed by atoms with Crippen LogP contribution in [0.3, 0.4) is 0 Å². The van der Waals surface area contributed by atoms with Gasteiger partial charge in [-0.2, -0.15) is 10.2 Å². The smallest absolute Gasteiger partial charge is 0.228 e. The summed E-state index contributed by atoms with van der Waals surface area (Å²) < 4.78 is 23.2. The maximum Gasteiger partial charge on any atom is 0.228 e. The molecule has 2 aromatic rings. The maximum absolute atomic E-state index is 13.3. The van der Waals surface area contributed by atoms with E-state index >= 15 is 0 Å². The number of aromatic nitrogens is 2. The molecule has 19 heavy (non-hydrogen) atoms. The molecule has 98 valence electrons. The Morgan fingerprint density at radius 2 is 2.32 bits per heavy atom. The van der Waals surface area contributed by atoms with E-state index in [-0.39, 0.29) is 11.7 Å². The van der Waals surface area contributed by atoms with Gasteiger partial charge in [0.2, 0.25) is 11.7 Å². The largest absolute Gasteiger partial charge is 0.494 e. The van der Waals surface area contributed by atoms with Crippen LogP contribution in [0.1, 0.15) is 12.8 Å². The van der Waals surface area contributed by atoms with Crippen LogP contribution >= 0.6 is 0 Å². The first-order valence-corrected chi connectivity index (χ1v) is 5.70. The predicted molar refractivity (Wildman–Crippen MR) is 64.7 cm³/mol. The molecule has 1 aromatic carbocycles. The van der Waals surface area contributed by atoms with Crippen LogP contribution in [0.5, 0.6) is 5.75 Å². The van der Waals surface area contributed by atoms with Crippen molar-refractivity contribution in [3.05, 3.63) is 29.9 Å². The number of nitrogens with zero attached hydrogens (tertiary/aromatic N) is 3. The second kappa shape index (κ2) is 5.48. The first kappa shape index (κ1) is 13.0. The highest BCUT2D eigenvalue weighted by molar-refractivity contribution is 5.57. The molecule has 0 N–H and O–H groups in total. The number of hydrogen-bond donors (Lipinski definition) is 0. The standard InChI is InChI=1S/C13H12FN3O2/c1-8(7-15)5-12-16-13(17-19-12)9-3-4-10(14)11(6-9)18-2/h3-4,6,8H,5H2,1-2H3. The van der Waals surface area contributed by atoms with Crippen LogP contribution in [-0.2, 0) is 6.42 Å².